The number of nitrogens with zero attached hydrogens (tertiary/aromatic N) is 2. The second kappa shape index (κ2) is 5.10. The van der Waals surface area contributed by atoms with E-state index in [2.05, 4.69) is 10.4 Å². The Morgan fingerprint density at radius 3 is 2.72 bits per heavy atom. The van der Waals surface area contributed by atoms with Gasteiger partial charge in [0.05, 0.1) is 11.3 Å². The molecule has 100 valence electrons. The van der Waals surface area contributed by atoms with Crippen LogP contribution in [-0.4, -0.2) is 32.9 Å². The van der Waals surface area contributed by atoms with Crippen molar-refractivity contribution in [1.82, 2.24) is 15.1 Å². The van der Waals surface area contributed by atoms with Crippen molar-refractivity contribution in [1.29, 1.82) is 0 Å². The summed E-state index contributed by atoms with van der Waals surface area (Å²) in [7, 11) is 0. The van der Waals surface area contributed by atoms with Gasteiger partial charge in [-0.1, -0.05) is 12.8 Å². The molecule has 0 aromatic carbocycles. The smallest absolute Gasteiger partial charge is 0.241 e. The van der Waals surface area contributed by atoms with Crippen molar-refractivity contribution in [2.45, 2.75) is 51.7 Å². The van der Waals surface area contributed by atoms with Crippen molar-refractivity contribution >= 4 is 5.91 Å². The monoisotopic (exact) mass is 251 g/mol. The molecule has 1 amide bonds. The van der Waals surface area contributed by atoms with E-state index in [0.29, 0.717) is 6.54 Å². The molecule has 1 aromatic heterocycles. The third-order valence-electron chi connectivity index (χ3n) is 3.55. The summed E-state index contributed by atoms with van der Waals surface area (Å²) in [6, 6.07) is 1.94. The van der Waals surface area contributed by atoms with Crippen molar-refractivity contribution in [2.24, 2.45) is 0 Å². The molecule has 2 N–H and O–H groups in total. The van der Waals surface area contributed by atoms with E-state index >= 15 is 0 Å². The van der Waals surface area contributed by atoms with Crippen LogP contribution in [0.25, 0.3) is 0 Å². The fourth-order valence-electron chi connectivity index (χ4n) is 2.50. The summed E-state index contributed by atoms with van der Waals surface area (Å²) in [5.41, 5.74) is 1.20. The number of nitrogens with one attached hydrogen (secondary N) is 1. The van der Waals surface area contributed by atoms with Gasteiger partial charge in [0.2, 0.25) is 5.91 Å². The lowest BCUT2D eigenvalue weighted by Gasteiger charge is -2.22. The van der Waals surface area contributed by atoms with Crippen molar-refractivity contribution in [3.63, 3.8) is 0 Å². The highest BCUT2D eigenvalue weighted by Gasteiger charge is 2.31. The van der Waals surface area contributed by atoms with Gasteiger partial charge in [0.1, 0.15) is 6.54 Å². The zero-order valence-corrected chi connectivity index (χ0v) is 11.1. The molecule has 0 radical (unpaired) electrons. The van der Waals surface area contributed by atoms with Gasteiger partial charge in [-0.25, -0.2) is 0 Å². The minimum Gasteiger partial charge on any atom is -0.388 e. The molecule has 2 rings (SSSR count). The molecule has 0 aliphatic heterocycles. The predicted molar refractivity (Wildman–Crippen MR) is 68.1 cm³/mol. The highest BCUT2D eigenvalue weighted by molar-refractivity contribution is 5.75. The lowest BCUT2D eigenvalue weighted by molar-refractivity contribution is -0.123. The van der Waals surface area contributed by atoms with Crippen LogP contribution < -0.4 is 5.32 Å². The largest absolute Gasteiger partial charge is 0.388 e. The van der Waals surface area contributed by atoms with Gasteiger partial charge in [-0.2, -0.15) is 5.10 Å². The van der Waals surface area contributed by atoms with Gasteiger partial charge >= 0.3 is 0 Å². The Morgan fingerprint density at radius 1 is 1.50 bits per heavy atom. The van der Waals surface area contributed by atoms with Crippen molar-refractivity contribution in [3.8, 4) is 0 Å². The summed E-state index contributed by atoms with van der Waals surface area (Å²) in [4.78, 5) is 11.8. The molecule has 0 spiro atoms. The van der Waals surface area contributed by atoms with E-state index in [4.69, 9.17) is 0 Å². The second-order valence-electron chi connectivity index (χ2n) is 5.29. The molecule has 5 heteroatoms. The zero-order valence-electron chi connectivity index (χ0n) is 11.1. The predicted octanol–water partition coefficient (Wildman–Crippen LogP) is 0.921. The molecule has 0 unspecified atom stereocenters. The Balaban J connectivity index is 1.84. The highest BCUT2D eigenvalue weighted by atomic mass is 16.3. The molecular formula is C13H21N3O2. The van der Waals surface area contributed by atoms with Crippen LogP contribution in [0.1, 0.15) is 37.1 Å². The zero-order chi connectivity index (χ0) is 13.2. The number of aromatic nitrogens is 2. The fourth-order valence-corrected chi connectivity index (χ4v) is 2.50. The number of hydrogen-bond donors (Lipinski definition) is 2. The second-order valence-corrected chi connectivity index (χ2v) is 5.29. The normalized spacial score (nSPS) is 17.9. The van der Waals surface area contributed by atoms with Crippen molar-refractivity contribution < 1.29 is 9.90 Å². The number of hydrogen-bond acceptors (Lipinski definition) is 3. The SMILES string of the molecule is Cc1cc(C)n(CC(=O)NCC2(O)CCCC2)n1. The molecule has 18 heavy (non-hydrogen) atoms. The van der Waals surface area contributed by atoms with Crippen LogP contribution in [0.15, 0.2) is 6.07 Å². The van der Waals surface area contributed by atoms with E-state index in [1.165, 1.54) is 0 Å². The first kappa shape index (κ1) is 13.1. The molecular weight excluding hydrogens is 230 g/mol. The summed E-state index contributed by atoms with van der Waals surface area (Å²) in [6.07, 6.45) is 3.66. The maximum Gasteiger partial charge on any atom is 0.241 e. The molecule has 1 aliphatic carbocycles. The van der Waals surface area contributed by atoms with Gasteiger partial charge < -0.3 is 10.4 Å². The van der Waals surface area contributed by atoms with Crippen LogP contribution in [0.2, 0.25) is 0 Å². The Hall–Kier alpha value is -1.36. The fraction of sp³-hybridized carbons (Fsp3) is 0.692. The molecule has 1 aliphatic rings. The van der Waals surface area contributed by atoms with Crippen LogP contribution in [0, 0.1) is 13.8 Å². The topological polar surface area (TPSA) is 67.2 Å². The summed E-state index contributed by atoms with van der Waals surface area (Å²) >= 11 is 0. The molecule has 1 aromatic rings. The van der Waals surface area contributed by atoms with E-state index in [1.54, 1.807) is 4.68 Å². The summed E-state index contributed by atoms with van der Waals surface area (Å²) in [5.74, 6) is -0.0958. The molecule has 0 atom stereocenters. The standard InChI is InChI=1S/C13H21N3O2/c1-10-7-11(2)16(15-10)8-12(17)14-9-13(18)5-3-4-6-13/h7,18H,3-6,8-9H2,1-2H3,(H,14,17). The lowest BCUT2D eigenvalue weighted by Crippen LogP contribution is -2.42. The minimum atomic E-state index is -0.690. The van der Waals surface area contributed by atoms with E-state index in [-0.39, 0.29) is 12.5 Å². The van der Waals surface area contributed by atoms with E-state index in [0.717, 1.165) is 37.1 Å². The van der Waals surface area contributed by atoms with Gasteiger partial charge in [0.25, 0.3) is 0 Å². The Kier molecular flexibility index (Phi) is 3.71. The number of amides is 1. The summed E-state index contributed by atoms with van der Waals surface area (Å²) < 4.78 is 1.68. The van der Waals surface area contributed by atoms with Crippen molar-refractivity contribution in [2.75, 3.05) is 6.54 Å². The maximum atomic E-state index is 11.8. The maximum absolute atomic E-state index is 11.8. The van der Waals surface area contributed by atoms with Crippen LogP contribution in [-0.2, 0) is 11.3 Å². The van der Waals surface area contributed by atoms with Gasteiger partial charge in [-0.3, -0.25) is 9.48 Å². The quantitative estimate of drug-likeness (QED) is 0.836. The first-order valence-corrected chi connectivity index (χ1v) is 6.49. The lowest BCUT2D eigenvalue weighted by atomic mass is 10.0. The van der Waals surface area contributed by atoms with E-state index < -0.39 is 5.60 Å². The van der Waals surface area contributed by atoms with Crippen LogP contribution in [0.4, 0.5) is 0 Å². The molecule has 1 fully saturated rings. The Morgan fingerprint density at radius 2 is 2.17 bits per heavy atom. The Bertz CT molecular complexity index is 433. The van der Waals surface area contributed by atoms with Gasteiger partial charge in [0.15, 0.2) is 0 Å². The van der Waals surface area contributed by atoms with Crippen LogP contribution in [0.5, 0.6) is 0 Å². The highest BCUT2D eigenvalue weighted by Crippen LogP contribution is 2.28. The third kappa shape index (κ3) is 3.10. The van der Waals surface area contributed by atoms with Gasteiger partial charge in [-0.15, -0.1) is 0 Å². The Labute approximate surface area is 107 Å². The van der Waals surface area contributed by atoms with E-state index in [1.807, 2.05) is 19.9 Å². The molecule has 5 nitrogen and oxygen atoms in total. The first-order valence-electron chi connectivity index (χ1n) is 6.49. The number of rotatable bonds is 4. The first-order chi connectivity index (χ1) is 8.48. The minimum absolute atomic E-state index is 0.0958. The molecule has 0 saturated heterocycles. The number of carbonyl (C=O) groups excluding carboxylic acids is 1. The number of aryl methyl sites for hydroxylation is 2. The van der Waals surface area contributed by atoms with Crippen molar-refractivity contribution in [3.05, 3.63) is 17.5 Å². The molecule has 1 heterocycles. The van der Waals surface area contributed by atoms with E-state index in [9.17, 15) is 9.90 Å². The van der Waals surface area contributed by atoms with Crippen LogP contribution >= 0.6 is 0 Å². The average Bonchev–Trinajstić information content (AvgIpc) is 2.85. The number of aliphatic hydroxyl groups is 1. The third-order valence-corrected chi connectivity index (χ3v) is 3.55. The van der Waals surface area contributed by atoms with Gasteiger partial charge in [0, 0.05) is 12.2 Å². The summed E-state index contributed by atoms with van der Waals surface area (Å²) in [5, 5.41) is 17.2. The molecule has 1 saturated carbocycles. The average molecular weight is 251 g/mol. The summed E-state index contributed by atoms with van der Waals surface area (Å²) in [6.45, 7) is 4.40. The number of carbonyl (C=O) groups is 1. The van der Waals surface area contributed by atoms with Crippen LogP contribution in [0.3, 0.4) is 0 Å². The van der Waals surface area contributed by atoms with Gasteiger partial charge in [-0.05, 0) is 32.8 Å². The molecule has 0 bridgehead atoms.